The fraction of sp³-hybridized carbons (Fsp3) is 0.500. The number of aliphatic hydroxyl groups excluding tert-OH is 1. The highest BCUT2D eigenvalue weighted by molar-refractivity contribution is 7.99. The Labute approximate surface area is 171 Å². The largest absolute Gasteiger partial charge is 0.386 e. The summed E-state index contributed by atoms with van der Waals surface area (Å²) in [5.74, 6) is -1.92. The average Bonchev–Trinajstić information content (AvgIpc) is 3.19. The maximum Gasteiger partial charge on any atom is 0.330 e. The lowest BCUT2D eigenvalue weighted by Crippen LogP contribution is -2.38. The number of H-pyrrole nitrogens is 1. The number of hydrogen-bond acceptors (Lipinski definition) is 10. The Bertz CT molecular complexity index is 1050. The summed E-state index contributed by atoms with van der Waals surface area (Å²) in [6.45, 7) is -0.0442. The molecule has 0 radical (unpaired) electrons. The Morgan fingerprint density at radius 1 is 1.40 bits per heavy atom. The van der Waals surface area contributed by atoms with Gasteiger partial charge in [0.2, 0.25) is 5.95 Å². The Kier molecular flexibility index (Phi) is 6.03. The van der Waals surface area contributed by atoms with Crippen molar-refractivity contribution in [2.75, 3.05) is 18.1 Å². The van der Waals surface area contributed by atoms with E-state index < -0.39 is 57.0 Å². The molecule has 2 fully saturated rings. The van der Waals surface area contributed by atoms with E-state index in [0.717, 1.165) is 11.8 Å². The van der Waals surface area contributed by atoms with Gasteiger partial charge in [0.1, 0.15) is 18.3 Å². The summed E-state index contributed by atoms with van der Waals surface area (Å²) >= 11 is 0.858. The predicted molar refractivity (Wildman–Crippen MR) is 98.1 cm³/mol. The number of allylic oxidation sites excluding steroid dienone is 1. The summed E-state index contributed by atoms with van der Waals surface area (Å²) in [5, 5.41) is 10.8. The molecule has 11 nitrogen and oxygen atoms in total. The second-order valence-corrected chi connectivity index (χ2v) is 8.32. The number of nitrogens with two attached hydrogens (primary N) is 1. The highest BCUT2D eigenvalue weighted by atomic mass is 32.2. The van der Waals surface area contributed by atoms with Gasteiger partial charge < -0.3 is 29.5 Å². The predicted octanol–water partition coefficient (Wildman–Crippen LogP) is 1.15. The molecule has 5 N–H and O–H groups in total. The first-order chi connectivity index (χ1) is 14.3. The highest BCUT2D eigenvalue weighted by Crippen LogP contribution is 2.47. The molecule has 2 aromatic rings. The van der Waals surface area contributed by atoms with Crippen LogP contribution in [0.15, 0.2) is 21.9 Å². The zero-order chi connectivity index (χ0) is 21.6. The van der Waals surface area contributed by atoms with E-state index in [9.17, 15) is 28.0 Å². The van der Waals surface area contributed by atoms with Gasteiger partial charge in [-0.1, -0.05) is 11.8 Å². The molecule has 30 heavy (non-hydrogen) atoms. The number of thioether (sulfide) groups is 1. The molecular formula is C14H15F3N5O6PS. The molecular weight excluding hydrogens is 454 g/mol. The van der Waals surface area contributed by atoms with Crippen molar-refractivity contribution in [1.29, 1.82) is 0 Å². The Hall–Kier alpha value is -1.74. The molecule has 164 valence electrons. The van der Waals surface area contributed by atoms with Crippen molar-refractivity contribution in [3.05, 3.63) is 22.3 Å². The van der Waals surface area contributed by atoms with Crippen molar-refractivity contribution in [3.8, 4) is 0 Å². The van der Waals surface area contributed by atoms with Gasteiger partial charge in [-0.15, -0.1) is 0 Å². The van der Waals surface area contributed by atoms with E-state index in [2.05, 4.69) is 15.0 Å². The first-order valence-corrected chi connectivity index (χ1v) is 10.6. The summed E-state index contributed by atoms with van der Waals surface area (Å²) < 4.78 is 55.0. The molecule has 5 unspecified atom stereocenters. The number of aromatic nitrogens is 4. The molecule has 4 heterocycles. The fourth-order valence-electron chi connectivity index (χ4n) is 3.11. The summed E-state index contributed by atoms with van der Waals surface area (Å²) in [4.78, 5) is 32.2. The second-order valence-electron chi connectivity index (χ2n) is 6.31. The summed E-state index contributed by atoms with van der Waals surface area (Å²) in [6.07, 6.45) is -7.11. The Balaban J connectivity index is 1.72. The number of fused-ring (bicyclic) bond motifs is 2. The van der Waals surface area contributed by atoms with Gasteiger partial charge in [-0.25, -0.2) is 9.37 Å². The van der Waals surface area contributed by atoms with E-state index in [0.29, 0.717) is 0 Å². The number of anilines is 1. The molecule has 0 spiro atoms. The number of nitrogens with one attached hydrogen (secondary N) is 1. The van der Waals surface area contributed by atoms with Gasteiger partial charge in [0.05, 0.1) is 6.61 Å². The number of aromatic amines is 1. The van der Waals surface area contributed by atoms with Gasteiger partial charge in [0.25, 0.3) is 5.56 Å². The van der Waals surface area contributed by atoms with Crippen molar-refractivity contribution < 1.29 is 37.0 Å². The molecule has 0 bridgehead atoms. The van der Waals surface area contributed by atoms with Crippen LogP contribution in [0, 0.1) is 0 Å². The number of imidazole rings is 1. The lowest BCUT2D eigenvalue weighted by molar-refractivity contribution is -0.0614. The van der Waals surface area contributed by atoms with Crippen LogP contribution < -0.4 is 11.3 Å². The van der Waals surface area contributed by atoms with Gasteiger partial charge in [-0.05, 0) is 0 Å². The second kappa shape index (κ2) is 8.42. The molecule has 0 aliphatic carbocycles. The fourth-order valence-corrected chi connectivity index (χ4v) is 4.86. The zero-order valence-corrected chi connectivity index (χ0v) is 16.6. The lowest BCUT2D eigenvalue weighted by atomic mass is 10.1. The maximum atomic E-state index is 13.1. The third kappa shape index (κ3) is 3.93. The quantitative estimate of drug-likeness (QED) is 0.370. The Morgan fingerprint density at radius 2 is 2.17 bits per heavy atom. The van der Waals surface area contributed by atoms with E-state index in [1.165, 1.54) is 4.57 Å². The molecule has 2 aromatic heterocycles. The minimum Gasteiger partial charge on any atom is -0.386 e. The van der Waals surface area contributed by atoms with E-state index in [1.54, 1.807) is 0 Å². The van der Waals surface area contributed by atoms with Gasteiger partial charge in [0.15, 0.2) is 28.4 Å². The van der Waals surface area contributed by atoms with E-state index >= 15 is 0 Å². The minimum atomic E-state index is -2.41. The smallest absolute Gasteiger partial charge is 0.330 e. The molecule has 2 saturated heterocycles. The highest BCUT2D eigenvalue weighted by Gasteiger charge is 2.50. The maximum absolute atomic E-state index is 13.1. The lowest BCUT2D eigenvalue weighted by Gasteiger charge is -2.27. The van der Waals surface area contributed by atoms with E-state index in [1.807, 2.05) is 0 Å². The first-order valence-electron chi connectivity index (χ1n) is 8.48. The third-order valence-corrected chi connectivity index (χ3v) is 6.17. The van der Waals surface area contributed by atoms with E-state index in [4.69, 9.17) is 19.5 Å². The van der Waals surface area contributed by atoms with Crippen LogP contribution in [0.1, 0.15) is 12.6 Å². The van der Waals surface area contributed by atoms with Crippen molar-refractivity contribution >= 4 is 37.5 Å². The van der Waals surface area contributed by atoms with Crippen LogP contribution in [-0.2, 0) is 13.8 Å². The normalized spacial score (nSPS) is 28.6. The van der Waals surface area contributed by atoms with Crippen molar-refractivity contribution in [2.24, 2.45) is 0 Å². The number of nitrogen functional groups attached to an aromatic ring is 1. The standard InChI is InChI=1S/C14H15F3N5O6PS/c15-4(9(16)17)1-2-30-14-19-6-10(20-13(18)21-11(6)24)22(14)12-7(23)8-5(27-12)3-26-29(25)28-8/h5,7-8,12,23,25H,1-3H2,(H3,18,20,21,24). The SMILES string of the molecule is Nc1nc2c(nc(SCCC(F)=C(F)F)n2C2OC3COP(O)OC3C2O)c(=O)[nH]1. The molecule has 5 atom stereocenters. The van der Waals surface area contributed by atoms with Crippen molar-refractivity contribution in [2.45, 2.75) is 36.1 Å². The number of rotatable bonds is 5. The van der Waals surface area contributed by atoms with Crippen LogP contribution in [0.4, 0.5) is 19.1 Å². The average molecular weight is 469 g/mol. The molecule has 0 amide bonds. The number of aliphatic hydroxyl groups is 1. The van der Waals surface area contributed by atoms with Crippen LogP contribution in [0.2, 0.25) is 0 Å². The van der Waals surface area contributed by atoms with Crippen LogP contribution >= 0.6 is 20.4 Å². The molecule has 4 rings (SSSR count). The molecule has 2 aliphatic rings. The minimum absolute atomic E-state index is 0.0266. The molecule has 2 aliphatic heterocycles. The zero-order valence-electron chi connectivity index (χ0n) is 14.9. The Morgan fingerprint density at radius 3 is 2.90 bits per heavy atom. The number of halogens is 3. The summed E-state index contributed by atoms with van der Waals surface area (Å²) in [6, 6.07) is 0. The monoisotopic (exact) mass is 469 g/mol. The molecule has 0 aromatic carbocycles. The van der Waals surface area contributed by atoms with Crippen LogP contribution in [0.3, 0.4) is 0 Å². The first kappa shape index (κ1) is 21.5. The van der Waals surface area contributed by atoms with Crippen molar-refractivity contribution in [3.63, 3.8) is 0 Å². The topological polar surface area (TPSA) is 158 Å². The van der Waals surface area contributed by atoms with E-state index in [-0.39, 0.29) is 34.6 Å². The number of ether oxygens (including phenoxy) is 1. The van der Waals surface area contributed by atoms with Crippen molar-refractivity contribution in [1.82, 2.24) is 19.5 Å². The summed E-state index contributed by atoms with van der Waals surface area (Å²) in [5.41, 5.74) is 4.79. The number of nitrogens with zero attached hydrogens (tertiary/aromatic N) is 3. The third-order valence-electron chi connectivity index (χ3n) is 4.42. The van der Waals surface area contributed by atoms with Crippen LogP contribution in [0.25, 0.3) is 11.2 Å². The van der Waals surface area contributed by atoms with Crippen LogP contribution in [-0.4, -0.2) is 60.2 Å². The molecule has 16 heteroatoms. The van der Waals surface area contributed by atoms with Crippen LogP contribution in [0.5, 0.6) is 0 Å². The summed E-state index contributed by atoms with van der Waals surface area (Å²) in [7, 11) is -2.18. The van der Waals surface area contributed by atoms with Gasteiger partial charge >= 0.3 is 14.7 Å². The van der Waals surface area contributed by atoms with Gasteiger partial charge in [0, 0.05) is 12.2 Å². The number of hydrogen-bond donors (Lipinski definition) is 4. The molecule has 0 saturated carbocycles. The van der Waals surface area contributed by atoms with Gasteiger partial charge in [-0.2, -0.15) is 13.8 Å². The van der Waals surface area contributed by atoms with Gasteiger partial charge in [-0.3, -0.25) is 14.3 Å².